The van der Waals surface area contributed by atoms with Crippen LogP contribution in [-0.2, 0) is 13.0 Å². The van der Waals surface area contributed by atoms with Gasteiger partial charge in [0.15, 0.2) is 0 Å². The van der Waals surface area contributed by atoms with Gasteiger partial charge in [-0.15, -0.1) is 0 Å². The molecule has 0 amide bonds. The van der Waals surface area contributed by atoms with Crippen LogP contribution in [0.25, 0.3) is 0 Å². The van der Waals surface area contributed by atoms with Crippen LogP contribution in [0.5, 0.6) is 0 Å². The van der Waals surface area contributed by atoms with E-state index in [1.165, 1.54) is 18.3 Å². The number of carboxylic acid groups (broad SMARTS) is 1. The van der Waals surface area contributed by atoms with E-state index in [1.54, 1.807) is 12.1 Å². The number of nitrogens with two attached hydrogens (primary N) is 1. The number of carboxylic acids is 1. The molecule has 1 heterocycles. The molecule has 0 unspecified atom stereocenters. The van der Waals surface area contributed by atoms with Gasteiger partial charge >= 0.3 is 12.1 Å². The molecule has 5 nitrogen and oxygen atoms in total. The average molecular weight is 325 g/mol. The number of benzene rings is 1. The zero-order chi connectivity index (χ0) is 17.0. The Balaban J connectivity index is 2.33. The van der Waals surface area contributed by atoms with E-state index in [1.807, 2.05) is 0 Å². The first-order valence-corrected chi connectivity index (χ1v) is 6.63. The Morgan fingerprint density at radius 2 is 2.00 bits per heavy atom. The molecule has 122 valence electrons. The van der Waals surface area contributed by atoms with E-state index in [0.717, 1.165) is 6.07 Å². The second-order valence-electron chi connectivity index (χ2n) is 4.84. The number of nitrogens with zero attached hydrogens (tertiary/aromatic N) is 1. The van der Waals surface area contributed by atoms with E-state index >= 15 is 0 Å². The number of alkyl halides is 3. The second kappa shape index (κ2) is 6.66. The minimum absolute atomic E-state index is 0.152. The summed E-state index contributed by atoms with van der Waals surface area (Å²) < 4.78 is 38.1. The lowest BCUT2D eigenvalue weighted by molar-refractivity contribution is -0.127. The van der Waals surface area contributed by atoms with Crippen molar-refractivity contribution in [2.45, 2.75) is 19.1 Å². The van der Waals surface area contributed by atoms with Crippen LogP contribution in [0.3, 0.4) is 0 Å². The van der Waals surface area contributed by atoms with Gasteiger partial charge in [0, 0.05) is 12.2 Å². The van der Waals surface area contributed by atoms with Gasteiger partial charge in [0.2, 0.25) is 0 Å². The highest BCUT2D eigenvalue weighted by Gasteiger charge is 2.29. The molecule has 1 aromatic carbocycles. The highest BCUT2D eigenvalue weighted by Crippen LogP contribution is 2.29. The monoisotopic (exact) mass is 325 g/mol. The average Bonchev–Trinajstić information content (AvgIpc) is 2.48. The molecule has 2 aromatic rings. The molecular weight excluding hydrogens is 311 g/mol. The second-order valence-corrected chi connectivity index (χ2v) is 4.84. The highest BCUT2D eigenvalue weighted by molar-refractivity contribution is 5.88. The van der Waals surface area contributed by atoms with Crippen molar-refractivity contribution in [2.24, 2.45) is 5.73 Å². The molecule has 0 bridgehead atoms. The summed E-state index contributed by atoms with van der Waals surface area (Å²) in [5, 5.41) is 11.7. The van der Waals surface area contributed by atoms with E-state index in [-0.39, 0.29) is 23.4 Å². The summed E-state index contributed by atoms with van der Waals surface area (Å²) in [7, 11) is 0. The van der Waals surface area contributed by atoms with Crippen LogP contribution in [0.2, 0.25) is 0 Å². The van der Waals surface area contributed by atoms with Gasteiger partial charge in [0.25, 0.3) is 0 Å². The predicted octanol–water partition coefficient (Wildman–Crippen LogP) is 3.09. The molecule has 0 aliphatic rings. The lowest BCUT2D eigenvalue weighted by Gasteiger charge is -2.14. The molecule has 0 atom stereocenters. The Hall–Kier alpha value is -2.61. The fraction of sp³-hybridized carbons (Fsp3) is 0.200. The van der Waals surface area contributed by atoms with Gasteiger partial charge in [0.05, 0.1) is 29.6 Å². The van der Waals surface area contributed by atoms with Crippen LogP contribution < -0.4 is 11.1 Å². The summed E-state index contributed by atoms with van der Waals surface area (Å²) in [6.07, 6.45) is -4.23. The zero-order valence-electron chi connectivity index (χ0n) is 11.9. The molecular formula is C15H14F3N3O2. The lowest BCUT2D eigenvalue weighted by atomic mass is 10.0. The Morgan fingerprint density at radius 1 is 1.26 bits per heavy atom. The first kappa shape index (κ1) is 16.8. The third kappa shape index (κ3) is 4.68. The topological polar surface area (TPSA) is 88.2 Å². The van der Waals surface area contributed by atoms with E-state index in [2.05, 4.69) is 10.3 Å². The fourth-order valence-corrected chi connectivity index (χ4v) is 1.99. The molecule has 1 aromatic heterocycles. The van der Waals surface area contributed by atoms with Gasteiger partial charge in [-0.05, 0) is 35.9 Å². The number of hydrogen-bond donors (Lipinski definition) is 3. The van der Waals surface area contributed by atoms with Gasteiger partial charge in [0.1, 0.15) is 0 Å². The van der Waals surface area contributed by atoms with Gasteiger partial charge in [-0.25, -0.2) is 4.79 Å². The molecule has 0 fully saturated rings. The lowest BCUT2D eigenvalue weighted by Crippen LogP contribution is -2.14. The maximum absolute atomic E-state index is 12.7. The normalized spacial score (nSPS) is 11.3. The SMILES string of the molecule is NCc1ccc(Nc2ccc(C(=O)O)cc2CC(F)(F)F)cn1. The van der Waals surface area contributed by atoms with Crippen molar-refractivity contribution in [1.82, 2.24) is 4.98 Å². The van der Waals surface area contributed by atoms with Crippen molar-refractivity contribution >= 4 is 17.3 Å². The summed E-state index contributed by atoms with van der Waals surface area (Å²) in [4.78, 5) is 15.0. The van der Waals surface area contributed by atoms with Crippen LogP contribution in [0.15, 0.2) is 36.5 Å². The Kier molecular flexibility index (Phi) is 4.85. The van der Waals surface area contributed by atoms with E-state index < -0.39 is 18.6 Å². The van der Waals surface area contributed by atoms with Crippen LogP contribution in [0.4, 0.5) is 24.5 Å². The van der Waals surface area contributed by atoms with Crippen LogP contribution in [-0.4, -0.2) is 22.2 Å². The standard InChI is InChI=1S/C15H14F3N3O2/c16-15(17,18)6-10-5-9(14(22)23)1-4-13(10)21-12-3-2-11(7-19)20-8-12/h1-5,8,21H,6-7,19H2,(H,22,23). The van der Waals surface area contributed by atoms with Crippen molar-refractivity contribution in [1.29, 1.82) is 0 Å². The van der Waals surface area contributed by atoms with E-state index in [4.69, 9.17) is 10.8 Å². The first-order valence-electron chi connectivity index (χ1n) is 6.63. The van der Waals surface area contributed by atoms with Crippen molar-refractivity contribution in [2.75, 3.05) is 5.32 Å². The number of nitrogens with one attached hydrogen (secondary N) is 1. The van der Waals surface area contributed by atoms with Crippen LogP contribution in [0.1, 0.15) is 21.6 Å². The van der Waals surface area contributed by atoms with Crippen molar-refractivity contribution in [3.63, 3.8) is 0 Å². The number of pyridine rings is 1. The maximum Gasteiger partial charge on any atom is 0.393 e. The number of aromatic nitrogens is 1. The van der Waals surface area contributed by atoms with Crippen molar-refractivity contribution in [3.8, 4) is 0 Å². The van der Waals surface area contributed by atoms with Gasteiger partial charge in [-0.2, -0.15) is 13.2 Å². The molecule has 0 aliphatic carbocycles. The molecule has 0 aliphatic heterocycles. The smallest absolute Gasteiger partial charge is 0.393 e. The minimum atomic E-state index is -4.45. The number of rotatable bonds is 5. The van der Waals surface area contributed by atoms with Gasteiger partial charge in [-0.1, -0.05) is 0 Å². The number of anilines is 2. The maximum atomic E-state index is 12.7. The van der Waals surface area contributed by atoms with Crippen molar-refractivity contribution < 1.29 is 23.1 Å². The molecule has 0 radical (unpaired) electrons. The zero-order valence-corrected chi connectivity index (χ0v) is 11.9. The third-order valence-corrected chi connectivity index (χ3v) is 3.06. The molecule has 2 rings (SSSR count). The molecule has 0 spiro atoms. The highest BCUT2D eigenvalue weighted by atomic mass is 19.4. The van der Waals surface area contributed by atoms with Crippen LogP contribution >= 0.6 is 0 Å². The summed E-state index contributed by atoms with van der Waals surface area (Å²) in [5.41, 5.74) is 6.37. The fourth-order valence-electron chi connectivity index (χ4n) is 1.99. The summed E-state index contributed by atoms with van der Waals surface area (Å²) in [5.74, 6) is -1.28. The van der Waals surface area contributed by atoms with E-state index in [9.17, 15) is 18.0 Å². The summed E-state index contributed by atoms with van der Waals surface area (Å²) in [6, 6.07) is 6.85. The molecule has 23 heavy (non-hydrogen) atoms. The first-order chi connectivity index (χ1) is 10.8. The molecule has 0 saturated carbocycles. The van der Waals surface area contributed by atoms with Crippen LogP contribution in [0, 0.1) is 0 Å². The number of carbonyl (C=O) groups is 1. The minimum Gasteiger partial charge on any atom is -0.478 e. The Morgan fingerprint density at radius 3 is 2.52 bits per heavy atom. The largest absolute Gasteiger partial charge is 0.478 e. The Bertz CT molecular complexity index is 700. The number of aromatic carboxylic acids is 1. The van der Waals surface area contributed by atoms with Gasteiger partial charge in [-0.3, -0.25) is 4.98 Å². The summed E-state index contributed by atoms with van der Waals surface area (Å²) in [6.45, 7) is 0.257. The van der Waals surface area contributed by atoms with Crippen molar-refractivity contribution in [3.05, 3.63) is 53.3 Å². The predicted molar refractivity (Wildman–Crippen MR) is 78.6 cm³/mol. The third-order valence-electron chi connectivity index (χ3n) is 3.06. The number of hydrogen-bond acceptors (Lipinski definition) is 4. The molecule has 4 N–H and O–H groups in total. The summed E-state index contributed by atoms with van der Waals surface area (Å²) >= 11 is 0. The molecule has 0 saturated heterocycles. The molecule has 8 heteroatoms. The quantitative estimate of drug-likeness (QED) is 0.786. The number of halogens is 3. The van der Waals surface area contributed by atoms with Gasteiger partial charge < -0.3 is 16.2 Å². The Labute approximate surface area is 130 Å². The van der Waals surface area contributed by atoms with E-state index in [0.29, 0.717) is 11.4 Å².